The molecule has 0 aliphatic rings. The van der Waals surface area contributed by atoms with E-state index in [9.17, 15) is 0 Å². The van der Waals surface area contributed by atoms with E-state index in [0.717, 1.165) is 30.9 Å². The van der Waals surface area contributed by atoms with Gasteiger partial charge in [0, 0.05) is 11.8 Å². The molecule has 0 amide bonds. The van der Waals surface area contributed by atoms with Crippen LogP contribution >= 0.6 is 0 Å². The molecule has 0 saturated carbocycles. The van der Waals surface area contributed by atoms with Gasteiger partial charge >= 0.3 is 0 Å². The Labute approximate surface area is 91.5 Å². The van der Waals surface area contributed by atoms with Crippen LogP contribution in [0.5, 0.6) is 0 Å². The molecule has 0 bridgehead atoms. The zero-order chi connectivity index (χ0) is 11.3. The van der Waals surface area contributed by atoms with Gasteiger partial charge in [0.1, 0.15) is 0 Å². The highest BCUT2D eigenvalue weighted by atomic mass is 15.1. The predicted molar refractivity (Wildman–Crippen MR) is 60.8 cm³/mol. The van der Waals surface area contributed by atoms with E-state index in [-0.39, 0.29) is 5.41 Å². The molecule has 1 aromatic heterocycles. The molecule has 0 aliphatic carbocycles. The summed E-state index contributed by atoms with van der Waals surface area (Å²) in [6.07, 6.45) is 3.69. The third-order valence-electron chi connectivity index (χ3n) is 2.20. The maximum atomic E-state index is 4.51. The second-order valence-electron chi connectivity index (χ2n) is 4.71. The summed E-state index contributed by atoms with van der Waals surface area (Å²) in [5.74, 6) is 0.845. The Morgan fingerprint density at radius 2 is 2.07 bits per heavy atom. The standard InChI is InChI=1S/C11H20N4/c1-11(2,3)9-8-13-15-10(14-9)6-5-7-12-4/h8,12H,5-7H2,1-4H3. The number of hydrogen-bond donors (Lipinski definition) is 1. The Morgan fingerprint density at radius 1 is 1.33 bits per heavy atom. The first-order chi connectivity index (χ1) is 7.04. The molecule has 84 valence electrons. The normalized spacial score (nSPS) is 11.7. The lowest BCUT2D eigenvalue weighted by atomic mass is 9.93. The van der Waals surface area contributed by atoms with Crippen LogP contribution in [0.25, 0.3) is 0 Å². The molecule has 0 radical (unpaired) electrons. The summed E-state index contributed by atoms with van der Waals surface area (Å²) in [5.41, 5.74) is 1.06. The van der Waals surface area contributed by atoms with Gasteiger partial charge in [0.05, 0.1) is 11.9 Å². The first-order valence-electron chi connectivity index (χ1n) is 5.37. The van der Waals surface area contributed by atoms with Gasteiger partial charge < -0.3 is 5.32 Å². The molecule has 15 heavy (non-hydrogen) atoms. The molecule has 1 rings (SSSR count). The zero-order valence-corrected chi connectivity index (χ0v) is 10.0. The largest absolute Gasteiger partial charge is 0.320 e. The summed E-state index contributed by atoms with van der Waals surface area (Å²) in [7, 11) is 1.95. The average Bonchev–Trinajstić information content (AvgIpc) is 2.17. The van der Waals surface area contributed by atoms with E-state index in [2.05, 4.69) is 41.3 Å². The van der Waals surface area contributed by atoms with Gasteiger partial charge in [-0.05, 0) is 20.0 Å². The third kappa shape index (κ3) is 3.91. The molecule has 0 unspecified atom stereocenters. The monoisotopic (exact) mass is 208 g/mol. The summed E-state index contributed by atoms with van der Waals surface area (Å²) in [4.78, 5) is 4.51. The van der Waals surface area contributed by atoms with Gasteiger partial charge in [-0.3, -0.25) is 0 Å². The molecule has 0 fully saturated rings. The minimum atomic E-state index is 0.0493. The lowest BCUT2D eigenvalue weighted by molar-refractivity contribution is 0.551. The Hall–Kier alpha value is -1.03. The van der Waals surface area contributed by atoms with Gasteiger partial charge in [0.15, 0.2) is 5.82 Å². The van der Waals surface area contributed by atoms with E-state index in [1.807, 2.05) is 7.05 Å². The van der Waals surface area contributed by atoms with E-state index in [4.69, 9.17) is 0 Å². The maximum absolute atomic E-state index is 4.51. The van der Waals surface area contributed by atoms with Crippen LogP contribution in [0.4, 0.5) is 0 Å². The van der Waals surface area contributed by atoms with Crippen LogP contribution in [-0.4, -0.2) is 28.8 Å². The highest BCUT2D eigenvalue weighted by Gasteiger charge is 2.16. The molecule has 0 saturated heterocycles. The number of aromatic nitrogens is 3. The van der Waals surface area contributed by atoms with Crippen LogP contribution in [-0.2, 0) is 11.8 Å². The van der Waals surface area contributed by atoms with Crippen molar-refractivity contribution in [3.05, 3.63) is 17.7 Å². The lowest BCUT2D eigenvalue weighted by Crippen LogP contribution is -2.17. The van der Waals surface area contributed by atoms with Crippen LogP contribution < -0.4 is 5.32 Å². The number of aryl methyl sites for hydroxylation is 1. The Kier molecular flexibility index (Phi) is 4.15. The van der Waals surface area contributed by atoms with E-state index >= 15 is 0 Å². The van der Waals surface area contributed by atoms with Crippen molar-refractivity contribution >= 4 is 0 Å². The maximum Gasteiger partial charge on any atom is 0.151 e. The van der Waals surface area contributed by atoms with Crippen molar-refractivity contribution in [2.75, 3.05) is 13.6 Å². The van der Waals surface area contributed by atoms with Crippen LogP contribution in [0.3, 0.4) is 0 Å². The van der Waals surface area contributed by atoms with Crippen LogP contribution in [0.15, 0.2) is 6.20 Å². The Morgan fingerprint density at radius 3 is 2.67 bits per heavy atom. The third-order valence-corrected chi connectivity index (χ3v) is 2.20. The molecular weight excluding hydrogens is 188 g/mol. The second kappa shape index (κ2) is 5.16. The molecule has 0 aromatic carbocycles. The smallest absolute Gasteiger partial charge is 0.151 e. The number of hydrogen-bond acceptors (Lipinski definition) is 4. The van der Waals surface area contributed by atoms with Gasteiger partial charge in [-0.15, -0.1) is 5.10 Å². The van der Waals surface area contributed by atoms with Crippen LogP contribution in [0.1, 0.15) is 38.7 Å². The molecule has 1 heterocycles. The molecular formula is C11H20N4. The van der Waals surface area contributed by atoms with E-state index < -0.39 is 0 Å². The highest BCUT2D eigenvalue weighted by molar-refractivity contribution is 5.08. The van der Waals surface area contributed by atoms with Crippen molar-refractivity contribution < 1.29 is 0 Å². The summed E-state index contributed by atoms with van der Waals surface area (Å²) < 4.78 is 0. The quantitative estimate of drug-likeness (QED) is 0.758. The summed E-state index contributed by atoms with van der Waals surface area (Å²) in [6, 6.07) is 0. The second-order valence-corrected chi connectivity index (χ2v) is 4.71. The Bertz CT molecular complexity index is 304. The fourth-order valence-corrected chi connectivity index (χ4v) is 1.23. The summed E-state index contributed by atoms with van der Waals surface area (Å²) in [6.45, 7) is 7.39. The number of rotatable bonds is 4. The first-order valence-corrected chi connectivity index (χ1v) is 5.37. The van der Waals surface area contributed by atoms with Gasteiger partial charge in [-0.25, -0.2) is 4.98 Å². The zero-order valence-electron chi connectivity index (χ0n) is 10.0. The van der Waals surface area contributed by atoms with Crippen LogP contribution in [0.2, 0.25) is 0 Å². The van der Waals surface area contributed by atoms with E-state index in [0.29, 0.717) is 0 Å². The van der Waals surface area contributed by atoms with Crippen molar-refractivity contribution in [2.24, 2.45) is 0 Å². The Balaban J connectivity index is 2.66. The molecule has 1 aromatic rings. The molecule has 4 nitrogen and oxygen atoms in total. The van der Waals surface area contributed by atoms with E-state index in [1.165, 1.54) is 0 Å². The fraction of sp³-hybridized carbons (Fsp3) is 0.727. The first kappa shape index (κ1) is 12.0. The number of nitrogens with one attached hydrogen (secondary N) is 1. The van der Waals surface area contributed by atoms with Gasteiger partial charge in [0.2, 0.25) is 0 Å². The fourth-order valence-electron chi connectivity index (χ4n) is 1.23. The summed E-state index contributed by atoms with van der Waals surface area (Å²) >= 11 is 0. The lowest BCUT2D eigenvalue weighted by Gasteiger charge is -2.16. The van der Waals surface area contributed by atoms with Crippen molar-refractivity contribution in [1.82, 2.24) is 20.5 Å². The van der Waals surface area contributed by atoms with Gasteiger partial charge in [-0.2, -0.15) is 5.10 Å². The molecule has 0 aliphatic heterocycles. The minimum absolute atomic E-state index is 0.0493. The van der Waals surface area contributed by atoms with Crippen molar-refractivity contribution in [2.45, 2.75) is 39.0 Å². The SMILES string of the molecule is CNCCCc1nncc(C(C)(C)C)n1. The summed E-state index contributed by atoms with van der Waals surface area (Å²) in [5, 5.41) is 11.1. The molecule has 0 spiro atoms. The van der Waals surface area contributed by atoms with Crippen molar-refractivity contribution in [1.29, 1.82) is 0 Å². The topological polar surface area (TPSA) is 50.7 Å². The van der Waals surface area contributed by atoms with Gasteiger partial charge in [0.25, 0.3) is 0 Å². The molecule has 0 atom stereocenters. The van der Waals surface area contributed by atoms with Crippen LogP contribution in [0, 0.1) is 0 Å². The van der Waals surface area contributed by atoms with Crippen molar-refractivity contribution in [3.8, 4) is 0 Å². The van der Waals surface area contributed by atoms with E-state index in [1.54, 1.807) is 6.20 Å². The predicted octanol–water partition coefficient (Wildman–Crippen LogP) is 1.32. The average molecular weight is 208 g/mol. The molecule has 4 heteroatoms. The minimum Gasteiger partial charge on any atom is -0.320 e. The highest BCUT2D eigenvalue weighted by Crippen LogP contribution is 2.18. The van der Waals surface area contributed by atoms with Gasteiger partial charge in [-0.1, -0.05) is 20.8 Å². The molecule has 1 N–H and O–H groups in total. The number of nitrogens with zero attached hydrogens (tertiary/aromatic N) is 3. The van der Waals surface area contributed by atoms with Crippen molar-refractivity contribution in [3.63, 3.8) is 0 Å².